The molecule has 1 aromatic heterocycles. The van der Waals surface area contributed by atoms with Crippen LogP contribution in [0.15, 0.2) is 22.5 Å². The van der Waals surface area contributed by atoms with Crippen LogP contribution in [-0.4, -0.2) is 38.8 Å². The molecule has 128 valence electrons. The fourth-order valence-electron chi connectivity index (χ4n) is 3.80. The van der Waals surface area contributed by atoms with Crippen LogP contribution in [0.1, 0.15) is 49.8 Å². The summed E-state index contributed by atoms with van der Waals surface area (Å²) in [6.45, 7) is 2.69. The monoisotopic (exact) mass is 335 g/mol. The van der Waals surface area contributed by atoms with Crippen molar-refractivity contribution in [2.24, 2.45) is 4.99 Å². The summed E-state index contributed by atoms with van der Waals surface area (Å²) >= 11 is 1.91. The van der Waals surface area contributed by atoms with Crippen molar-refractivity contribution in [3.05, 3.63) is 22.4 Å². The highest BCUT2D eigenvalue weighted by molar-refractivity contribution is 7.10. The smallest absolute Gasteiger partial charge is 0.191 e. The molecule has 1 aliphatic carbocycles. The zero-order valence-electron chi connectivity index (χ0n) is 14.1. The Kier molecular flexibility index (Phi) is 5.95. The Morgan fingerprint density at radius 3 is 2.74 bits per heavy atom. The molecule has 1 aromatic rings. The van der Waals surface area contributed by atoms with Crippen molar-refractivity contribution in [1.29, 1.82) is 0 Å². The molecule has 4 nitrogen and oxygen atoms in total. The van der Waals surface area contributed by atoms with Crippen LogP contribution in [0.25, 0.3) is 0 Å². The number of ether oxygens (including phenoxy) is 1. The molecule has 0 spiro atoms. The van der Waals surface area contributed by atoms with E-state index in [4.69, 9.17) is 4.74 Å². The van der Waals surface area contributed by atoms with Crippen molar-refractivity contribution in [1.82, 2.24) is 10.6 Å². The van der Waals surface area contributed by atoms with E-state index in [-0.39, 0.29) is 0 Å². The van der Waals surface area contributed by atoms with E-state index in [0.29, 0.717) is 11.5 Å². The number of rotatable bonds is 4. The van der Waals surface area contributed by atoms with Crippen LogP contribution in [0.5, 0.6) is 0 Å². The molecule has 1 saturated carbocycles. The molecule has 0 bridgehead atoms. The van der Waals surface area contributed by atoms with Gasteiger partial charge in [0.05, 0.1) is 0 Å². The van der Waals surface area contributed by atoms with Gasteiger partial charge in [0.1, 0.15) is 0 Å². The van der Waals surface area contributed by atoms with Gasteiger partial charge in [0.15, 0.2) is 5.96 Å². The fourth-order valence-corrected chi connectivity index (χ4v) is 4.79. The van der Waals surface area contributed by atoms with Gasteiger partial charge in [-0.3, -0.25) is 4.99 Å². The summed E-state index contributed by atoms with van der Waals surface area (Å²) < 4.78 is 5.44. The standard InChI is InChI=1S/C18H29N3OS/c1-19-17(21-15-7-11-22-12-8-15)20-14-18(9-3-2-4-10-18)16-6-5-13-23-16/h5-6,13,15H,2-4,7-12,14H2,1H3,(H2,19,20,21). The molecule has 5 heteroatoms. The Bertz CT molecular complexity index is 488. The van der Waals surface area contributed by atoms with Crippen LogP contribution >= 0.6 is 11.3 Å². The largest absolute Gasteiger partial charge is 0.381 e. The lowest BCUT2D eigenvalue weighted by atomic mass is 9.73. The molecule has 1 saturated heterocycles. The molecule has 0 unspecified atom stereocenters. The van der Waals surface area contributed by atoms with Crippen molar-refractivity contribution < 1.29 is 4.74 Å². The normalized spacial score (nSPS) is 22.7. The highest BCUT2D eigenvalue weighted by atomic mass is 32.1. The first kappa shape index (κ1) is 16.8. The molecule has 1 aliphatic heterocycles. The van der Waals surface area contributed by atoms with Gasteiger partial charge in [-0.2, -0.15) is 0 Å². The summed E-state index contributed by atoms with van der Waals surface area (Å²) in [7, 11) is 1.87. The first-order valence-electron chi connectivity index (χ1n) is 8.91. The summed E-state index contributed by atoms with van der Waals surface area (Å²) in [5.41, 5.74) is 0.291. The van der Waals surface area contributed by atoms with E-state index in [1.807, 2.05) is 18.4 Å². The summed E-state index contributed by atoms with van der Waals surface area (Å²) in [5.74, 6) is 0.943. The number of guanidine groups is 1. The van der Waals surface area contributed by atoms with E-state index < -0.39 is 0 Å². The lowest BCUT2D eigenvalue weighted by molar-refractivity contribution is 0.0822. The number of hydrogen-bond acceptors (Lipinski definition) is 3. The predicted octanol–water partition coefficient (Wildman–Crippen LogP) is 3.29. The second-order valence-corrected chi connectivity index (χ2v) is 7.72. The minimum absolute atomic E-state index is 0.291. The van der Waals surface area contributed by atoms with E-state index in [2.05, 4.69) is 33.1 Å². The van der Waals surface area contributed by atoms with Gasteiger partial charge in [0.25, 0.3) is 0 Å². The lowest BCUT2D eigenvalue weighted by Gasteiger charge is -2.37. The second-order valence-electron chi connectivity index (χ2n) is 6.78. The van der Waals surface area contributed by atoms with Gasteiger partial charge in [0, 0.05) is 43.1 Å². The summed E-state index contributed by atoms with van der Waals surface area (Å²) in [4.78, 5) is 5.97. The van der Waals surface area contributed by atoms with Crippen molar-refractivity contribution in [2.45, 2.75) is 56.4 Å². The van der Waals surface area contributed by atoms with Crippen molar-refractivity contribution in [2.75, 3.05) is 26.8 Å². The molecule has 23 heavy (non-hydrogen) atoms. The maximum absolute atomic E-state index is 5.44. The number of thiophene rings is 1. The van der Waals surface area contributed by atoms with Gasteiger partial charge in [-0.05, 0) is 37.1 Å². The SMILES string of the molecule is CN=C(NCC1(c2cccs2)CCCCC1)NC1CCOCC1. The van der Waals surface area contributed by atoms with Crippen LogP contribution in [0.4, 0.5) is 0 Å². The Labute approximate surface area is 143 Å². The Morgan fingerprint density at radius 1 is 1.30 bits per heavy atom. The molecule has 2 aliphatic rings. The van der Waals surface area contributed by atoms with Crippen molar-refractivity contribution in [3.8, 4) is 0 Å². The Hall–Kier alpha value is -1.07. The number of nitrogens with one attached hydrogen (secondary N) is 2. The number of aliphatic imine (C=N–C) groups is 1. The summed E-state index contributed by atoms with van der Waals surface area (Å²) in [6.07, 6.45) is 8.76. The molecule has 2 N–H and O–H groups in total. The van der Waals surface area contributed by atoms with Gasteiger partial charge >= 0.3 is 0 Å². The van der Waals surface area contributed by atoms with E-state index in [1.54, 1.807) is 0 Å². The molecule has 2 heterocycles. The van der Waals surface area contributed by atoms with Gasteiger partial charge in [-0.1, -0.05) is 25.3 Å². The minimum Gasteiger partial charge on any atom is -0.381 e. The third-order valence-electron chi connectivity index (χ3n) is 5.23. The lowest BCUT2D eigenvalue weighted by Crippen LogP contribution is -2.50. The van der Waals surface area contributed by atoms with E-state index in [0.717, 1.165) is 38.6 Å². The van der Waals surface area contributed by atoms with Gasteiger partial charge < -0.3 is 15.4 Å². The molecule has 0 radical (unpaired) electrons. The summed E-state index contributed by atoms with van der Waals surface area (Å²) in [6, 6.07) is 4.98. The number of nitrogens with zero attached hydrogens (tertiary/aromatic N) is 1. The van der Waals surface area contributed by atoms with Crippen LogP contribution < -0.4 is 10.6 Å². The minimum atomic E-state index is 0.291. The second kappa shape index (κ2) is 8.15. The van der Waals surface area contributed by atoms with Crippen LogP contribution in [-0.2, 0) is 10.2 Å². The third kappa shape index (κ3) is 4.27. The first-order valence-corrected chi connectivity index (χ1v) is 9.79. The van der Waals surface area contributed by atoms with E-state index in [1.165, 1.54) is 37.0 Å². The van der Waals surface area contributed by atoms with Crippen molar-refractivity contribution in [3.63, 3.8) is 0 Å². The molecule has 0 aromatic carbocycles. The molecule has 2 fully saturated rings. The zero-order chi connectivity index (χ0) is 16.0. The maximum atomic E-state index is 5.44. The zero-order valence-corrected chi connectivity index (χ0v) is 15.0. The van der Waals surface area contributed by atoms with Crippen molar-refractivity contribution >= 4 is 17.3 Å². The Morgan fingerprint density at radius 2 is 2.09 bits per heavy atom. The van der Waals surface area contributed by atoms with E-state index in [9.17, 15) is 0 Å². The number of hydrogen-bond donors (Lipinski definition) is 2. The van der Waals surface area contributed by atoms with Gasteiger partial charge in [-0.25, -0.2) is 0 Å². The topological polar surface area (TPSA) is 45.7 Å². The van der Waals surface area contributed by atoms with Crippen LogP contribution in [0.2, 0.25) is 0 Å². The molecular formula is C18H29N3OS. The highest BCUT2D eigenvalue weighted by Gasteiger charge is 2.35. The molecule has 0 amide bonds. The third-order valence-corrected chi connectivity index (χ3v) is 6.35. The van der Waals surface area contributed by atoms with E-state index >= 15 is 0 Å². The highest BCUT2D eigenvalue weighted by Crippen LogP contribution is 2.41. The van der Waals surface area contributed by atoms with Crippen LogP contribution in [0, 0.1) is 0 Å². The average Bonchev–Trinajstić information content (AvgIpc) is 3.15. The van der Waals surface area contributed by atoms with Gasteiger partial charge in [0.2, 0.25) is 0 Å². The maximum Gasteiger partial charge on any atom is 0.191 e. The molecule has 3 rings (SSSR count). The molecular weight excluding hydrogens is 306 g/mol. The molecule has 0 atom stereocenters. The Balaban J connectivity index is 1.61. The fraction of sp³-hybridized carbons (Fsp3) is 0.722. The first-order chi connectivity index (χ1) is 11.3. The van der Waals surface area contributed by atoms with Gasteiger partial charge in [-0.15, -0.1) is 11.3 Å². The quantitative estimate of drug-likeness (QED) is 0.655. The van der Waals surface area contributed by atoms with Crippen LogP contribution in [0.3, 0.4) is 0 Å². The predicted molar refractivity (Wildman–Crippen MR) is 97.4 cm³/mol. The average molecular weight is 336 g/mol. The summed E-state index contributed by atoms with van der Waals surface area (Å²) in [5, 5.41) is 9.40.